The monoisotopic (exact) mass is 316 g/mol. The summed E-state index contributed by atoms with van der Waals surface area (Å²) in [6.07, 6.45) is 1.90. The Balaban J connectivity index is 1.95. The normalized spacial score (nSPS) is 16.1. The maximum Gasteiger partial charge on any atom is 0.225 e. The number of piperazine rings is 1. The molecular formula is C20H32N2O. The van der Waals surface area contributed by atoms with Crippen LogP contribution in [0, 0.1) is 5.92 Å². The Kier molecular flexibility index (Phi) is 5.72. The van der Waals surface area contributed by atoms with Crippen molar-refractivity contribution in [3.63, 3.8) is 0 Å². The number of rotatable bonds is 4. The van der Waals surface area contributed by atoms with Gasteiger partial charge in [-0.15, -0.1) is 0 Å². The molecule has 1 aromatic carbocycles. The molecule has 1 aliphatic heterocycles. The molecular weight excluding hydrogens is 284 g/mol. The molecule has 23 heavy (non-hydrogen) atoms. The maximum atomic E-state index is 12.5. The van der Waals surface area contributed by atoms with Crippen molar-refractivity contribution in [1.82, 2.24) is 4.90 Å². The molecule has 1 amide bonds. The Morgan fingerprint density at radius 3 is 1.96 bits per heavy atom. The molecule has 3 nitrogen and oxygen atoms in total. The molecule has 128 valence electrons. The van der Waals surface area contributed by atoms with Gasteiger partial charge < -0.3 is 9.80 Å². The lowest BCUT2D eigenvalue weighted by Gasteiger charge is -2.37. The molecule has 3 heteroatoms. The molecule has 1 aromatic rings. The van der Waals surface area contributed by atoms with Crippen LogP contribution in [0.1, 0.15) is 53.0 Å². The van der Waals surface area contributed by atoms with Gasteiger partial charge in [-0.25, -0.2) is 0 Å². The molecule has 2 rings (SSSR count). The third-order valence-corrected chi connectivity index (χ3v) is 5.02. The summed E-state index contributed by atoms with van der Waals surface area (Å²) in [5, 5.41) is 0. The SMILES string of the molecule is CCC(CC)C(=O)N1CCN(c2ccc(C(C)(C)C)cc2)CC1. The van der Waals surface area contributed by atoms with Crippen molar-refractivity contribution in [2.24, 2.45) is 5.92 Å². The van der Waals surface area contributed by atoms with Crippen molar-refractivity contribution in [2.75, 3.05) is 31.1 Å². The second kappa shape index (κ2) is 7.37. The minimum atomic E-state index is 0.193. The van der Waals surface area contributed by atoms with Gasteiger partial charge in [0, 0.05) is 37.8 Å². The van der Waals surface area contributed by atoms with E-state index in [2.05, 4.69) is 68.7 Å². The van der Waals surface area contributed by atoms with Gasteiger partial charge in [0.2, 0.25) is 5.91 Å². The molecule has 0 radical (unpaired) electrons. The maximum absolute atomic E-state index is 12.5. The predicted octanol–water partition coefficient (Wildman–Crippen LogP) is 4.07. The average Bonchev–Trinajstić information content (AvgIpc) is 2.55. The van der Waals surface area contributed by atoms with Crippen LogP contribution in [0.5, 0.6) is 0 Å². The third-order valence-electron chi connectivity index (χ3n) is 5.02. The molecule has 0 unspecified atom stereocenters. The zero-order chi connectivity index (χ0) is 17.0. The number of hydrogen-bond acceptors (Lipinski definition) is 2. The predicted molar refractivity (Wildman–Crippen MR) is 98.0 cm³/mol. The Labute approximate surface area is 141 Å². The molecule has 0 bridgehead atoms. The lowest BCUT2D eigenvalue weighted by Crippen LogP contribution is -2.50. The van der Waals surface area contributed by atoms with E-state index in [1.165, 1.54) is 11.3 Å². The Morgan fingerprint density at radius 1 is 1.00 bits per heavy atom. The van der Waals surface area contributed by atoms with Gasteiger partial charge in [-0.2, -0.15) is 0 Å². The Bertz CT molecular complexity index is 503. The number of carbonyl (C=O) groups excluding carboxylic acids is 1. The van der Waals surface area contributed by atoms with E-state index in [4.69, 9.17) is 0 Å². The molecule has 1 aliphatic rings. The van der Waals surface area contributed by atoms with Gasteiger partial charge in [0.15, 0.2) is 0 Å². The highest BCUT2D eigenvalue weighted by atomic mass is 16.2. The van der Waals surface area contributed by atoms with Crippen molar-refractivity contribution in [3.8, 4) is 0 Å². The van der Waals surface area contributed by atoms with Crippen molar-refractivity contribution in [3.05, 3.63) is 29.8 Å². The number of anilines is 1. The van der Waals surface area contributed by atoms with Crippen LogP contribution in [0.4, 0.5) is 5.69 Å². The number of amides is 1. The summed E-state index contributed by atoms with van der Waals surface area (Å²) in [6.45, 7) is 14.5. The van der Waals surface area contributed by atoms with Crippen molar-refractivity contribution in [1.29, 1.82) is 0 Å². The van der Waals surface area contributed by atoms with Crippen LogP contribution in [0.25, 0.3) is 0 Å². The number of benzene rings is 1. The minimum Gasteiger partial charge on any atom is -0.368 e. The number of nitrogens with zero attached hydrogens (tertiary/aromatic N) is 2. The largest absolute Gasteiger partial charge is 0.368 e. The first kappa shape index (κ1) is 17.8. The summed E-state index contributed by atoms with van der Waals surface area (Å²) in [6, 6.07) is 8.91. The molecule has 1 fully saturated rings. The lowest BCUT2D eigenvalue weighted by atomic mass is 9.87. The first-order valence-electron chi connectivity index (χ1n) is 9.01. The summed E-state index contributed by atoms with van der Waals surface area (Å²) in [7, 11) is 0. The van der Waals surface area contributed by atoms with Crippen LogP contribution < -0.4 is 4.90 Å². The van der Waals surface area contributed by atoms with Crippen molar-refractivity contribution in [2.45, 2.75) is 52.9 Å². The van der Waals surface area contributed by atoms with Crippen LogP contribution in [0.3, 0.4) is 0 Å². The molecule has 0 aliphatic carbocycles. The Hall–Kier alpha value is -1.51. The summed E-state index contributed by atoms with van der Waals surface area (Å²) in [4.78, 5) is 16.9. The van der Waals surface area contributed by atoms with Crippen molar-refractivity contribution < 1.29 is 4.79 Å². The second-order valence-corrected chi connectivity index (χ2v) is 7.62. The summed E-state index contributed by atoms with van der Waals surface area (Å²) >= 11 is 0. The van der Waals surface area contributed by atoms with E-state index in [9.17, 15) is 4.79 Å². The highest BCUT2D eigenvalue weighted by Crippen LogP contribution is 2.25. The standard InChI is InChI=1S/C20H32N2O/c1-6-16(7-2)19(23)22-14-12-21(13-15-22)18-10-8-17(9-11-18)20(3,4)5/h8-11,16H,6-7,12-15H2,1-5H3. The summed E-state index contributed by atoms with van der Waals surface area (Å²) in [5.41, 5.74) is 2.83. The molecule has 1 saturated heterocycles. The molecule has 0 saturated carbocycles. The van der Waals surface area contributed by atoms with Gasteiger partial charge in [0.1, 0.15) is 0 Å². The van der Waals surface area contributed by atoms with E-state index >= 15 is 0 Å². The van der Waals surface area contributed by atoms with Gasteiger partial charge in [-0.1, -0.05) is 46.8 Å². The zero-order valence-corrected chi connectivity index (χ0v) is 15.4. The Morgan fingerprint density at radius 2 is 1.52 bits per heavy atom. The molecule has 0 N–H and O–H groups in total. The number of hydrogen-bond donors (Lipinski definition) is 0. The van der Waals surface area contributed by atoms with Gasteiger partial charge in [0.25, 0.3) is 0 Å². The van der Waals surface area contributed by atoms with E-state index in [0.717, 1.165) is 39.0 Å². The average molecular weight is 316 g/mol. The highest BCUT2D eigenvalue weighted by Gasteiger charge is 2.25. The van der Waals surface area contributed by atoms with Crippen LogP contribution in [0.2, 0.25) is 0 Å². The van der Waals surface area contributed by atoms with E-state index in [1.54, 1.807) is 0 Å². The van der Waals surface area contributed by atoms with Crippen LogP contribution >= 0.6 is 0 Å². The molecule has 0 spiro atoms. The fourth-order valence-electron chi connectivity index (χ4n) is 3.25. The first-order valence-corrected chi connectivity index (χ1v) is 9.01. The van der Waals surface area contributed by atoms with Crippen molar-refractivity contribution >= 4 is 11.6 Å². The second-order valence-electron chi connectivity index (χ2n) is 7.62. The third kappa shape index (κ3) is 4.27. The topological polar surface area (TPSA) is 23.6 Å². The number of carbonyl (C=O) groups is 1. The lowest BCUT2D eigenvalue weighted by molar-refractivity contribution is -0.136. The van der Waals surface area contributed by atoms with Gasteiger partial charge in [0.05, 0.1) is 0 Å². The molecule has 1 heterocycles. The van der Waals surface area contributed by atoms with E-state index in [0.29, 0.717) is 5.91 Å². The smallest absolute Gasteiger partial charge is 0.225 e. The van der Waals surface area contributed by atoms with E-state index in [-0.39, 0.29) is 11.3 Å². The molecule has 0 atom stereocenters. The molecule has 0 aromatic heterocycles. The van der Waals surface area contributed by atoms with Crippen LogP contribution in [-0.4, -0.2) is 37.0 Å². The highest BCUT2D eigenvalue weighted by molar-refractivity contribution is 5.79. The van der Waals surface area contributed by atoms with E-state index < -0.39 is 0 Å². The fourth-order valence-corrected chi connectivity index (χ4v) is 3.25. The van der Waals surface area contributed by atoms with Gasteiger partial charge in [-0.05, 0) is 36.0 Å². The van der Waals surface area contributed by atoms with Gasteiger partial charge in [-0.3, -0.25) is 4.79 Å². The fraction of sp³-hybridized carbons (Fsp3) is 0.650. The van der Waals surface area contributed by atoms with Gasteiger partial charge >= 0.3 is 0 Å². The van der Waals surface area contributed by atoms with E-state index in [1.807, 2.05) is 0 Å². The van der Waals surface area contributed by atoms with Crippen LogP contribution in [0.15, 0.2) is 24.3 Å². The first-order chi connectivity index (χ1) is 10.9. The summed E-state index contributed by atoms with van der Waals surface area (Å²) < 4.78 is 0. The minimum absolute atomic E-state index is 0.193. The van der Waals surface area contributed by atoms with Crippen LogP contribution in [-0.2, 0) is 10.2 Å². The zero-order valence-electron chi connectivity index (χ0n) is 15.4. The quantitative estimate of drug-likeness (QED) is 0.836. The summed E-state index contributed by atoms with van der Waals surface area (Å²) in [5.74, 6) is 0.547.